The number of nitrogens with zero attached hydrogens (tertiary/aromatic N) is 5. The summed E-state index contributed by atoms with van der Waals surface area (Å²) in [5.74, 6) is 0.644. The maximum Gasteiger partial charge on any atom is 0.249 e. The van der Waals surface area contributed by atoms with E-state index in [1.807, 2.05) is 36.2 Å². The normalized spacial score (nSPS) is 10.2. The fraction of sp³-hybridized carbons (Fsp3) is 0.200. The van der Waals surface area contributed by atoms with Crippen LogP contribution in [0.2, 0.25) is 0 Å². The molecule has 2 rings (SSSR count). The predicted molar refractivity (Wildman–Crippen MR) is 69.2 cm³/mol. The molecule has 6 nitrogen and oxygen atoms in total. The van der Waals surface area contributed by atoms with E-state index >= 15 is 0 Å². The van der Waals surface area contributed by atoms with Crippen LogP contribution in [0.4, 0.5) is 11.6 Å². The van der Waals surface area contributed by atoms with Crippen molar-refractivity contribution in [3.63, 3.8) is 0 Å². The van der Waals surface area contributed by atoms with Gasteiger partial charge in [0.25, 0.3) is 0 Å². The molecule has 0 aliphatic rings. The van der Waals surface area contributed by atoms with Crippen LogP contribution in [0.5, 0.6) is 0 Å². The molecular formula is C10H12N6S. The van der Waals surface area contributed by atoms with E-state index < -0.39 is 0 Å². The van der Waals surface area contributed by atoms with Gasteiger partial charge in [-0.1, -0.05) is 29.4 Å². The van der Waals surface area contributed by atoms with Crippen molar-refractivity contribution in [2.45, 2.75) is 0 Å². The minimum atomic E-state index is 0.372. The summed E-state index contributed by atoms with van der Waals surface area (Å²) in [5, 5.41) is 11.3. The molecule has 0 saturated heterocycles. The molecule has 0 atom stereocenters. The molecule has 1 heterocycles. The van der Waals surface area contributed by atoms with Gasteiger partial charge in [0.05, 0.1) is 0 Å². The van der Waals surface area contributed by atoms with E-state index in [1.54, 1.807) is 11.7 Å². The first-order valence-electron chi connectivity index (χ1n) is 4.95. The van der Waals surface area contributed by atoms with Crippen molar-refractivity contribution in [3.8, 4) is 0 Å². The van der Waals surface area contributed by atoms with E-state index in [1.165, 1.54) is 0 Å². The van der Waals surface area contributed by atoms with Gasteiger partial charge in [0.1, 0.15) is 4.99 Å². The minimum Gasteiger partial charge on any atom is -0.389 e. The van der Waals surface area contributed by atoms with Gasteiger partial charge in [0.15, 0.2) is 0 Å². The van der Waals surface area contributed by atoms with Crippen LogP contribution >= 0.6 is 12.2 Å². The lowest BCUT2D eigenvalue weighted by molar-refractivity contribution is 0.708. The van der Waals surface area contributed by atoms with Crippen LogP contribution in [-0.2, 0) is 7.05 Å². The van der Waals surface area contributed by atoms with Gasteiger partial charge in [-0.15, -0.1) is 0 Å². The zero-order valence-electron chi connectivity index (χ0n) is 9.53. The maximum atomic E-state index is 5.60. The number of nitrogens with two attached hydrogens (primary N) is 1. The smallest absolute Gasteiger partial charge is 0.249 e. The molecule has 0 fully saturated rings. The first-order valence-corrected chi connectivity index (χ1v) is 5.36. The van der Waals surface area contributed by atoms with Crippen molar-refractivity contribution in [1.29, 1.82) is 0 Å². The third kappa shape index (κ3) is 2.23. The summed E-state index contributed by atoms with van der Waals surface area (Å²) < 4.78 is 1.59. The largest absolute Gasteiger partial charge is 0.389 e. The van der Waals surface area contributed by atoms with Crippen LogP contribution < -0.4 is 10.6 Å². The molecule has 0 unspecified atom stereocenters. The lowest BCUT2D eigenvalue weighted by Gasteiger charge is -2.17. The summed E-state index contributed by atoms with van der Waals surface area (Å²) in [4.78, 5) is 2.23. The Bertz CT molecular complexity index is 549. The molecule has 88 valence electrons. The molecule has 7 heteroatoms. The standard InChI is InChI=1S/C10H12N6S/c1-15(10-12-13-14-16(10)2)8-5-3-4-7(6-8)9(11)17/h3-6H,1-2H3,(H2,11,17). The number of benzene rings is 1. The number of hydrogen-bond donors (Lipinski definition) is 1. The van der Waals surface area contributed by atoms with Crippen molar-refractivity contribution in [1.82, 2.24) is 20.2 Å². The van der Waals surface area contributed by atoms with Crippen LogP contribution in [0.1, 0.15) is 5.56 Å². The van der Waals surface area contributed by atoms with Gasteiger partial charge in [-0.2, -0.15) is 0 Å². The summed E-state index contributed by atoms with van der Waals surface area (Å²) in [5.41, 5.74) is 7.34. The second kappa shape index (κ2) is 4.46. The Kier molecular flexibility index (Phi) is 3.01. The quantitative estimate of drug-likeness (QED) is 0.802. The summed E-state index contributed by atoms with van der Waals surface area (Å²) in [7, 11) is 3.66. The topological polar surface area (TPSA) is 72.9 Å². The molecule has 17 heavy (non-hydrogen) atoms. The zero-order valence-corrected chi connectivity index (χ0v) is 10.3. The fourth-order valence-electron chi connectivity index (χ4n) is 1.49. The fourth-order valence-corrected chi connectivity index (χ4v) is 1.62. The minimum absolute atomic E-state index is 0.372. The zero-order chi connectivity index (χ0) is 12.4. The van der Waals surface area contributed by atoms with Gasteiger partial charge >= 0.3 is 0 Å². The lowest BCUT2D eigenvalue weighted by Crippen LogP contribution is -2.16. The number of aryl methyl sites for hydroxylation is 1. The molecule has 2 aromatic rings. The first kappa shape index (κ1) is 11.5. The number of tetrazole rings is 1. The highest BCUT2D eigenvalue weighted by Crippen LogP contribution is 2.21. The third-order valence-electron chi connectivity index (χ3n) is 2.42. The second-order valence-electron chi connectivity index (χ2n) is 3.58. The summed E-state index contributed by atoms with van der Waals surface area (Å²) in [6.07, 6.45) is 0. The summed E-state index contributed by atoms with van der Waals surface area (Å²) >= 11 is 4.95. The molecule has 0 bridgehead atoms. The molecule has 0 aliphatic heterocycles. The van der Waals surface area contributed by atoms with Crippen molar-refractivity contribution in [2.24, 2.45) is 12.8 Å². The van der Waals surface area contributed by atoms with Crippen LogP contribution in [0, 0.1) is 0 Å². The molecule has 0 spiro atoms. The number of thiocarbonyl (C=S) groups is 1. The maximum absolute atomic E-state index is 5.60. The molecule has 1 aromatic heterocycles. The molecule has 0 radical (unpaired) electrons. The van der Waals surface area contributed by atoms with E-state index in [9.17, 15) is 0 Å². The van der Waals surface area contributed by atoms with Gasteiger partial charge in [0.2, 0.25) is 5.95 Å². The van der Waals surface area contributed by atoms with Gasteiger partial charge < -0.3 is 10.6 Å². The van der Waals surface area contributed by atoms with E-state index in [2.05, 4.69) is 15.5 Å². The van der Waals surface area contributed by atoms with Gasteiger partial charge in [0, 0.05) is 25.3 Å². The monoisotopic (exact) mass is 248 g/mol. The summed E-state index contributed by atoms with van der Waals surface area (Å²) in [6.45, 7) is 0. The lowest BCUT2D eigenvalue weighted by atomic mass is 10.2. The van der Waals surface area contributed by atoms with Crippen molar-refractivity contribution in [2.75, 3.05) is 11.9 Å². The average Bonchev–Trinajstić information content (AvgIpc) is 2.74. The Morgan fingerprint density at radius 3 is 2.82 bits per heavy atom. The molecule has 0 saturated carbocycles. The number of aromatic nitrogens is 4. The highest BCUT2D eigenvalue weighted by Gasteiger charge is 2.11. The second-order valence-corrected chi connectivity index (χ2v) is 4.02. The van der Waals surface area contributed by atoms with Crippen LogP contribution in [0.15, 0.2) is 24.3 Å². The molecule has 1 aromatic carbocycles. The van der Waals surface area contributed by atoms with Crippen LogP contribution in [0.25, 0.3) is 0 Å². The first-order chi connectivity index (χ1) is 8.09. The van der Waals surface area contributed by atoms with E-state index in [0.29, 0.717) is 10.9 Å². The Morgan fingerprint density at radius 1 is 1.47 bits per heavy atom. The molecule has 0 aliphatic carbocycles. The van der Waals surface area contributed by atoms with Gasteiger partial charge in [-0.25, -0.2) is 4.68 Å². The SMILES string of the molecule is CN(c1cccc(C(N)=S)c1)c1nnnn1C. The molecular weight excluding hydrogens is 236 g/mol. The van der Waals surface area contributed by atoms with Crippen LogP contribution in [0.3, 0.4) is 0 Å². The Hall–Kier alpha value is -2.02. The van der Waals surface area contributed by atoms with E-state index in [0.717, 1.165) is 11.3 Å². The predicted octanol–water partition coefficient (Wildman–Crippen LogP) is 0.612. The van der Waals surface area contributed by atoms with Crippen LogP contribution in [-0.4, -0.2) is 32.2 Å². The number of rotatable bonds is 3. The molecule has 2 N–H and O–H groups in total. The van der Waals surface area contributed by atoms with E-state index in [-0.39, 0.29) is 0 Å². The van der Waals surface area contributed by atoms with E-state index in [4.69, 9.17) is 18.0 Å². The Balaban J connectivity index is 2.37. The number of hydrogen-bond acceptors (Lipinski definition) is 5. The Labute approximate surface area is 104 Å². The van der Waals surface area contributed by atoms with Gasteiger partial charge in [-0.05, 0) is 22.6 Å². The van der Waals surface area contributed by atoms with Gasteiger partial charge in [-0.3, -0.25) is 0 Å². The Morgan fingerprint density at radius 2 is 2.24 bits per heavy atom. The summed E-state index contributed by atoms with van der Waals surface area (Å²) in [6, 6.07) is 7.60. The highest BCUT2D eigenvalue weighted by atomic mass is 32.1. The number of anilines is 2. The average molecular weight is 248 g/mol. The molecule has 0 amide bonds. The van der Waals surface area contributed by atoms with Crippen molar-refractivity contribution in [3.05, 3.63) is 29.8 Å². The van der Waals surface area contributed by atoms with Crippen molar-refractivity contribution < 1.29 is 0 Å². The third-order valence-corrected chi connectivity index (χ3v) is 2.65. The highest BCUT2D eigenvalue weighted by molar-refractivity contribution is 7.80. The van der Waals surface area contributed by atoms with Crippen molar-refractivity contribution >= 4 is 28.8 Å².